The molecule has 3 nitrogen and oxygen atoms in total. The molecule has 2 rings (SSSR count). The summed E-state index contributed by atoms with van der Waals surface area (Å²) in [6.07, 6.45) is 5.79. The first-order valence-electron chi connectivity index (χ1n) is 6.32. The maximum absolute atomic E-state index is 5.59. The molecule has 0 atom stereocenters. The largest absolute Gasteiger partial charge is 0.488 e. The molecule has 0 saturated heterocycles. The van der Waals surface area contributed by atoms with E-state index in [1.807, 2.05) is 49.5 Å². The number of nitrogens with one attached hydrogen (secondary N) is 1. The molecule has 0 bridgehead atoms. The summed E-state index contributed by atoms with van der Waals surface area (Å²) in [6.45, 7) is 1.32. The topological polar surface area (TPSA) is 34.1 Å². The van der Waals surface area contributed by atoms with Crippen molar-refractivity contribution in [2.24, 2.45) is 0 Å². The normalized spacial score (nSPS) is 10.8. The molecule has 0 aliphatic heterocycles. The van der Waals surface area contributed by atoms with Crippen LogP contribution in [0.5, 0.6) is 5.75 Å². The SMILES string of the molecule is CNCc1ccc(OCC=Cc2ccccc2)cn1. The number of aromatic nitrogens is 1. The van der Waals surface area contributed by atoms with Gasteiger partial charge in [0.15, 0.2) is 0 Å². The number of benzene rings is 1. The van der Waals surface area contributed by atoms with Crippen molar-refractivity contribution in [3.05, 3.63) is 66.0 Å². The molecule has 0 amide bonds. The van der Waals surface area contributed by atoms with Gasteiger partial charge in [-0.05, 0) is 30.8 Å². The molecule has 1 heterocycles. The molecule has 0 saturated carbocycles. The third kappa shape index (κ3) is 4.56. The maximum atomic E-state index is 5.59. The predicted molar refractivity (Wildman–Crippen MR) is 78.0 cm³/mol. The Bertz CT molecular complexity index is 506. The number of ether oxygens (including phenoxy) is 1. The lowest BCUT2D eigenvalue weighted by Gasteiger charge is -2.04. The van der Waals surface area contributed by atoms with Crippen molar-refractivity contribution in [1.29, 1.82) is 0 Å². The lowest BCUT2D eigenvalue weighted by molar-refractivity contribution is 0.361. The molecule has 3 heteroatoms. The monoisotopic (exact) mass is 254 g/mol. The zero-order chi connectivity index (χ0) is 13.3. The second-order valence-electron chi connectivity index (χ2n) is 4.14. The van der Waals surface area contributed by atoms with Crippen LogP contribution in [-0.4, -0.2) is 18.6 Å². The van der Waals surface area contributed by atoms with Gasteiger partial charge in [-0.15, -0.1) is 0 Å². The van der Waals surface area contributed by atoms with Crippen LogP contribution in [0, 0.1) is 0 Å². The van der Waals surface area contributed by atoms with E-state index in [2.05, 4.69) is 22.4 Å². The zero-order valence-corrected chi connectivity index (χ0v) is 11.0. The van der Waals surface area contributed by atoms with E-state index in [1.165, 1.54) is 5.56 Å². The Kier molecular flexibility index (Phi) is 5.14. The minimum atomic E-state index is 0.544. The van der Waals surface area contributed by atoms with Gasteiger partial charge in [-0.2, -0.15) is 0 Å². The smallest absolute Gasteiger partial charge is 0.138 e. The van der Waals surface area contributed by atoms with Gasteiger partial charge in [0.2, 0.25) is 0 Å². The Morgan fingerprint density at radius 3 is 2.68 bits per heavy atom. The molecule has 1 aromatic carbocycles. The highest BCUT2D eigenvalue weighted by Crippen LogP contribution is 2.09. The van der Waals surface area contributed by atoms with Crippen LogP contribution in [0.25, 0.3) is 6.08 Å². The van der Waals surface area contributed by atoms with Gasteiger partial charge in [-0.3, -0.25) is 4.98 Å². The summed E-state index contributed by atoms with van der Waals surface area (Å²) in [5, 5.41) is 3.06. The molecular weight excluding hydrogens is 236 g/mol. The van der Waals surface area contributed by atoms with Crippen LogP contribution in [0.15, 0.2) is 54.7 Å². The molecule has 0 aliphatic rings. The Hall–Kier alpha value is -2.13. The number of pyridine rings is 1. The molecule has 0 unspecified atom stereocenters. The van der Waals surface area contributed by atoms with Crippen LogP contribution in [-0.2, 0) is 6.54 Å². The molecule has 1 N–H and O–H groups in total. The van der Waals surface area contributed by atoms with Crippen LogP contribution in [0.3, 0.4) is 0 Å². The van der Waals surface area contributed by atoms with E-state index in [4.69, 9.17) is 4.74 Å². The van der Waals surface area contributed by atoms with Gasteiger partial charge >= 0.3 is 0 Å². The van der Waals surface area contributed by atoms with E-state index in [9.17, 15) is 0 Å². The van der Waals surface area contributed by atoms with E-state index < -0.39 is 0 Å². The van der Waals surface area contributed by atoms with Gasteiger partial charge in [-0.25, -0.2) is 0 Å². The Balaban J connectivity index is 1.81. The van der Waals surface area contributed by atoms with E-state index in [-0.39, 0.29) is 0 Å². The van der Waals surface area contributed by atoms with Gasteiger partial charge in [0.05, 0.1) is 11.9 Å². The Labute approximate surface area is 114 Å². The second kappa shape index (κ2) is 7.34. The van der Waals surface area contributed by atoms with Crippen molar-refractivity contribution in [3.8, 4) is 5.75 Å². The molecular formula is C16H18N2O. The minimum Gasteiger partial charge on any atom is -0.488 e. The fraction of sp³-hybridized carbons (Fsp3) is 0.188. The number of hydrogen-bond donors (Lipinski definition) is 1. The van der Waals surface area contributed by atoms with Gasteiger partial charge < -0.3 is 10.1 Å². The van der Waals surface area contributed by atoms with E-state index >= 15 is 0 Å². The molecule has 98 valence electrons. The quantitative estimate of drug-likeness (QED) is 0.860. The standard InChI is InChI=1S/C16H18N2O/c1-17-12-15-9-10-16(13-18-15)19-11-5-8-14-6-3-2-4-7-14/h2-10,13,17H,11-12H2,1H3. The summed E-state index contributed by atoms with van der Waals surface area (Å²) >= 11 is 0. The van der Waals surface area contributed by atoms with E-state index in [1.54, 1.807) is 6.20 Å². The summed E-state index contributed by atoms with van der Waals surface area (Å²) in [5.41, 5.74) is 2.18. The summed E-state index contributed by atoms with van der Waals surface area (Å²) in [7, 11) is 1.90. The first-order valence-corrected chi connectivity index (χ1v) is 6.32. The molecule has 0 radical (unpaired) electrons. The molecule has 0 fully saturated rings. The minimum absolute atomic E-state index is 0.544. The molecule has 2 aromatic rings. The number of hydrogen-bond acceptors (Lipinski definition) is 3. The van der Waals surface area contributed by atoms with Gasteiger partial charge in [0, 0.05) is 6.54 Å². The molecule has 19 heavy (non-hydrogen) atoms. The summed E-state index contributed by atoms with van der Waals surface area (Å²) in [5.74, 6) is 0.789. The van der Waals surface area contributed by atoms with Crippen LogP contribution < -0.4 is 10.1 Å². The average Bonchev–Trinajstić information content (AvgIpc) is 2.47. The highest BCUT2D eigenvalue weighted by atomic mass is 16.5. The second-order valence-corrected chi connectivity index (χ2v) is 4.14. The van der Waals surface area contributed by atoms with Crippen molar-refractivity contribution >= 4 is 6.08 Å². The van der Waals surface area contributed by atoms with Crippen LogP contribution in [0.2, 0.25) is 0 Å². The molecule has 1 aromatic heterocycles. The zero-order valence-electron chi connectivity index (χ0n) is 11.0. The van der Waals surface area contributed by atoms with Crippen molar-refractivity contribution in [2.75, 3.05) is 13.7 Å². The van der Waals surface area contributed by atoms with Gasteiger partial charge in [-0.1, -0.05) is 36.4 Å². The first kappa shape index (κ1) is 13.3. The third-order valence-corrected chi connectivity index (χ3v) is 2.61. The van der Waals surface area contributed by atoms with Crippen molar-refractivity contribution in [2.45, 2.75) is 6.54 Å². The number of nitrogens with zero attached hydrogens (tertiary/aromatic N) is 1. The lowest BCUT2D eigenvalue weighted by Crippen LogP contribution is -2.06. The van der Waals surface area contributed by atoms with Crippen LogP contribution >= 0.6 is 0 Å². The summed E-state index contributed by atoms with van der Waals surface area (Å²) < 4.78 is 5.59. The first-order chi connectivity index (χ1) is 9.38. The Morgan fingerprint density at radius 2 is 2.00 bits per heavy atom. The molecule has 0 spiro atoms. The highest BCUT2D eigenvalue weighted by molar-refractivity contribution is 5.48. The van der Waals surface area contributed by atoms with Crippen molar-refractivity contribution in [1.82, 2.24) is 10.3 Å². The fourth-order valence-electron chi connectivity index (χ4n) is 1.67. The lowest BCUT2D eigenvalue weighted by atomic mass is 10.2. The Morgan fingerprint density at radius 1 is 1.16 bits per heavy atom. The van der Waals surface area contributed by atoms with Gasteiger partial charge in [0.25, 0.3) is 0 Å². The third-order valence-electron chi connectivity index (χ3n) is 2.61. The maximum Gasteiger partial charge on any atom is 0.138 e. The predicted octanol–water partition coefficient (Wildman–Crippen LogP) is 2.89. The summed E-state index contributed by atoms with van der Waals surface area (Å²) in [4.78, 5) is 4.29. The average molecular weight is 254 g/mol. The number of rotatable bonds is 6. The van der Waals surface area contributed by atoms with Gasteiger partial charge in [0.1, 0.15) is 12.4 Å². The fourth-order valence-corrected chi connectivity index (χ4v) is 1.67. The van der Waals surface area contributed by atoms with E-state index in [0.29, 0.717) is 6.61 Å². The highest BCUT2D eigenvalue weighted by Gasteiger charge is 1.94. The molecule has 0 aliphatic carbocycles. The van der Waals surface area contributed by atoms with Crippen molar-refractivity contribution < 1.29 is 4.74 Å². The van der Waals surface area contributed by atoms with Crippen LogP contribution in [0.4, 0.5) is 0 Å². The van der Waals surface area contributed by atoms with Crippen LogP contribution in [0.1, 0.15) is 11.3 Å². The van der Waals surface area contributed by atoms with E-state index in [0.717, 1.165) is 18.0 Å². The summed E-state index contributed by atoms with van der Waals surface area (Å²) in [6, 6.07) is 14.1. The van der Waals surface area contributed by atoms with Crippen molar-refractivity contribution in [3.63, 3.8) is 0 Å².